The van der Waals surface area contributed by atoms with E-state index in [1.165, 1.54) is 11.8 Å². The molecule has 0 aliphatic carbocycles. The average molecular weight is 409 g/mol. The fraction of sp³-hybridized carbons (Fsp3) is 0.278. The van der Waals surface area contributed by atoms with Crippen molar-refractivity contribution in [2.45, 2.75) is 31.6 Å². The number of aromatic nitrogens is 3. The van der Waals surface area contributed by atoms with Crippen LogP contribution < -0.4 is 0 Å². The van der Waals surface area contributed by atoms with Gasteiger partial charge < -0.3 is 4.90 Å². The van der Waals surface area contributed by atoms with Crippen LogP contribution in [0.15, 0.2) is 47.8 Å². The van der Waals surface area contributed by atoms with Crippen LogP contribution in [0.25, 0.3) is 5.65 Å². The second kappa shape index (κ2) is 8.29. The number of hydrogen-bond donors (Lipinski definition) is 0. The minimum atomic E-state index is 0.0405. The van der Waals surface area contributed by atoms with Crippen LogP contribution in [-0.2, 0) is 11.3 Å². The summed E-state index contributed by atoms with van der Waals surface area (Å²) in [5.74, 6) is 0.300. The molecule has 2 heterocycles. The third kappa shape index (κ3) is 4.31. The van der Waals surface area contributed by atoms with Gasteiger partial charge in [-0.3, -0.25) is 9.20 Å². The molecule has 0 atom stereocenters. The van der Waals surface area contributed by atoms with Crippen LogP contribution >= 0.6 is 35.0 Å². The van der Waals surface area contributed by atoms with Gasteiger partial charge >= 0.3 is 0 Å². The Morgan fingerprint density at radius 1 is 1.23 bits per heavy atom. The lowest BCUT2D eigenvalue weighted by atomic mass is 10.2. The van der Waals surface area contributed by atoms with Gasteiger partial charge in [-0.15, -0.1) is 10.2 Å². The lowest BCUT2D eigenvalue weighted by Crippen LogP contribution is -2.37. The molecule has 136 valence electrons. The predicted molar refractivity (Wildman–Crippen MR) is 106 cm³/mol. The van der Waals surface area contributed by atoms with Crippen LogP contribution in [0.4, 0.5) is 0 Å². The molecule has 0 aliphatic heterocycles. The van der Waals surface area contributed by atoms with E-state index in [4.69, 9.17) is 23.2 Å². The molecule has 0 aliphatic rings. The molecular formula is C18H18Cl2N4OS. The van der Waals surface area contributed by atoms with E-state index in [9.17, 15) is 4.79 Å². The van der Waals surface area contributed by atoms with Crippen LogP contribution in [0.2, 0.25) is 10.0 Å². The number of amides is 1. The summed E-state index contributed by atoms with van der Waals surface area (Å²) in [6.07, 6.45) is 1.69. The van der Waals surface area contributed by atoms with Gasteiger partial charge in [-0.2, -0.15) is 0 Å². The van der Waals surface area contributed by atoms with E-state index < -0.39 is 0 Å². The fourth-order valence-corrected chi connectivity index (χ4v) is 3.85. The van der Waals surface area contributed by atoms with E-state index in [1.54, 1.807) is 16.7 Å². The Hall–Kier alpha value is -1.76. The smallest absolute Gasteiger partial charge is 0.233 e. The Morgan fingerprint density at radius 3 is 2.65 bits per heavy atom. The average Bonchev–Trinajstić information content (AvgIpc) is 3.01. The number of halogens is 2. The van der Waals surface area contributed by atoms with E-state index in [0.717, 1.165) is 5.56 Å². The first-order valence-electron chi connectivity index (χ1n) is 8.11. The molecule has 1 amide bonds. The zero-order chi connectivity index (χ0) is 18.7. The van der Waals surface area contributed by atoms with Crippen LogP contribution in [0, 0.1) is 0 Å². The highest BCUT2D eigenvalue weighted by Gasteiger charge is 2.19. The first kappa shape index (κ1) is 19.0. The maximum atomic E-state index is 12.7. The van der Waals surface area contributed by atoms with Crippen LogP contribution in [0.3, 0.4) is 0 Å². The number of carbonyl (C=O) groups is 1. The number of carbonyl (C=O) groups excluding carboxylic acids is 1. The summed E-state index contributed by atoms with van der Waals surface area (Å²) in [5.41, 5.74) is 1.63. The molecule has 0 saturated carbocycles. The zero-order valence-corrected chi connectivity index (χ0v) is 16.7. The highest BCUT2D eigenvalue weighted by Crippen LogP contribution is 2.25. The molecule has 0 fully saturated rings. The Balaban J connectivity index is 1.72. The Kier molecular flexibility index (Phi) is 6.06. The van der Waals surface area contributed by atoms with E-state index >= 15 is 0 Å². The summed E-state index contributed by atoms with van der Waals surface area (Å²) < 4.78 is 1.71. The van der Waals surface area contributed by atoms with Crippen molar-refractivity contribution in [3.05, 3.63) is 58.2 Å². The standard InChI is InChI=1S/C18H18Cl2N4OS/c1-12(2)23(9-13-6-4-3-5-7-13)16(25)11-26-18-22-21-17-15(20)8-14(19)10-24(17)18/h3-8,10,12H,9,11H2,1-2H3. The summed E-state index contributed by atoms with van der Waals surface area (Å²) in [6, 6.07) is 11.7. The lowest BCUT2D eigenvalue weighted by Gasteiger charge is -2.26. The van der Waals surface area contributed by atoms with Crippen molar-refractivity contribution >= 4 is 46.5 Å². The van der Waals surface area contributed by atoms with Crippen molar-refractivity contribution in [2.24, 2.45) is 0 Å². The van der Waals surface area contributed by atoms with Gasteiger partial charge in [-0.05, 0) is 25.5 Å². The van der Waals surface area contributed by atoms with Gasteiger partial charge in [0, 0.05) is 18.8 Å². The molecular weight excluding hydrogens is 391 g/mol. The largest absolute Gasteiger partial charge is 0.335 e. The molecule has 1 aromatic carbocycles. The minimum Gasteiger partial charge on any atom is -0.335 e. The topological polar surface area (TPSA) is 50.5 Å². The predicted octanol–water partition coefficient (Wildman–Crippen LogP) is 4.57. The number of nitrogens with zero attached hydrogens (tertiary/aromatic N) is 4. The Morgan fingerprint density at radius 2 is 1.96 bits per heavy atom. The molecule has 5 nitrogen and oxygen atoms in total. The van der Waals surface area contributed by atoms with Crippen molar-refractivity contribution in [2.75, 3.05) is 5.75 Å². The highest BCUT2D eigenvalue weighted by atomic mass is 35.5. The number of benzene rings is 1. The van der Waals surface area contributed by atoms with Gasteiger partial charge in [0.15, 0.2) is 10.8 Å². The maximum absolute atomic E-state index is 12.7. The molecule has 0 unspecified atom stereocenters. The van der Waals surface area contributed by atoms with Gasteiger partial charge in [0.2, 0.25) is 5.91 Å². The first-order chi connectivity index (χ1) is 12.5. The molecule has 8 heteroatoms. The maximum Gasteiger partial charge on any atom is 0.233 e. The normalized spacial score (nSPS) is 11.3. The van der Waals surface area contributed by atoms with Gasteiger partial charge in [0.1, 0.15) is 0 Å². The molecule has 0 saturated heterocycles. The SMILES string of the molecule is CC(C)N(Cc1ccccc1)C(=O)CSc1nnc2c(Cl)cc(Cl)cn12. The van der Waals surface area contributed by atoms with E-state index in [1.807, 2.05) is 49.1 Å². The number of rotatable bonds is 6. The van der Waals surface area contributed by atoms with Crippen LogP contribution in [-0.4, -0.2) is 37.2 Å². The summed E-state index contributed by atoms with van der Waals surface area (Å²) in [4.78, 5) is 14.6. The van der Waals surface area contributed by atoms with Crippen molar-refractivity contribution in [1.82, 2.24) is 19.5 Å². The van der Waals surface area contributed by atoms with Crippen molar-refractivity contribution < 1.29 is 4.79 Å². The third-order valence-electron chi connectivity index (χ3n) is 3.86. The van der Waals surface area contributed by atoms with Crippen LogP contribution in [0.5, 0.6) is 0 Å². The second-order valence-electron chi connectivity index (χ2n) is 6.07. The molecule has 0 spiro atoms. The van der Waals surface area contributed by atoms with Gasteiger partial charge in [-0.25, -0.2) is 0 Å². The molecule has 3 aromatic rings. The fourth-order valence-electron chi connectivity index (χ4n) is 2.55. The van der Waals surface area contributed by atoms with Gasteiger partial charge in [0.05, 0.1) is 15.8 Å². The summed E-state index contributed by atoms with van der Waals surface area (Å²) >= 11 is 13.5. The number of thioether (sulfide) groups is 1. The molecule has 26 heavy (non-hydrogen) atoms. The summed E-state index contributed by atoms with van der Waals surface area (Å²) in [6.45, 7) is 4.60. The van der Waals surface area contributed by atoms with Gasteiger partial charge in [0.25, 0.3) is 0 Å². The summed E-state index contributed by atoms with van der Waals surface area (Å²) in [5, 5.41) is 9.68. The Bertz CT molecular complexity index is 914. The zero-order valence-electron chi connectivity index (χ0n) is 14.4. The molecule has 0 N–H and O–H groups in total. The first-order valence-corrected chi connectivity index (χ1v) is 9.86. The number of hydrogen-bond acceptors (Lipinski definition) is 4. The molecule has 0 bridgehead atoms. The third-order valence-corrected chi connectivity index (χ3v) is 5.27. The lowest BCUT2D eigenvalue weighted by molar-refractivity contribution is -0.130. The van der Waals surface area contributed by atoms with Crippen LogP contribution in [0.1, 0.15) is 19.4 Å². The van der Waals surface area contributed by atoms with E-state index in [-0.39, 0.29) is 17.7 Å². The molecule has 0 radical (unpaired) electrons. The number of pyridine rings is 1. The quantitative estimate of drug-likeness (QED) is 0.560. The van der Waals surface area contributed by atoms with Crippen molar-refractivity contribution in [3.8, 4) is 0 Å². The molecule has 3 rings (SSSR count). The highest BCUT2D eigenvalue weighted by molar-refractivity contribution is 7.99. The second-order valence-corrected chi connectivity index (χ2v) is 7.86. The summed E-state index contributed by atoms with van der Waals surface area (Å²) in [7, 11) is 0. The van der Waals surface area contributed by atoms with Gasteiger partial charge in [-0.1, -0.05) is 65.3 Å². The number of fused-ring (bicyclic) bond motifs is 1. The molecule has 2 aromatic heterocycles. The Labute approximate surface area is 166 Å². The monoisotopic (exact) mass is 408 g/mol. The van der Waals surface area contributed by atoms with E-state index in [2.05, 4.69) is 10.2 Å². The van der Waals surface area contributed by atoms with Crippen molar-refractivity contribution in [3.63, 3.8) is 0 Å². The van der Waals surface area contributed by atoms with Crippen molar-refractivity contribution in [1.29, 1.82) is 0 Å². The van der Waals surface area contributed by atoms with E-state index in [0.29, 0.717) is 27.4 Å². The minimum absolute atomic E-state index is 0.0405.